The summed E-state index contributed by atoms with van der Waals surface area (Å²) < 4.78 is 0. The predicted octanol–water partition coefficient (Wildman–Crippen LogP) is 3.04. The van der Waals surface area contributed by atoms with Gasteiger partial charge in [-0.3, -0.25) is 10.1 Å². The van der Waals surface area contributed by atoms with Gasteiger partial charge in [-0.15, -0.1) is 0 Å². The Balaban J connectivity index is 2.16. The largest absolute Gasteiger partial charge is 0.362 e. The van der Waals surface area contributed by atoms with E-state index in [-0.39, 0.29) is 10.6 Å². The number of rotatable bonds is 3. The molecule has 92 valence electrons. The highest BCUT2D eigenvalue weighted by Crippen LogP contribution is 2.26. The molecule has 0 saturated heterocycles. The van der Waals surface area contributed by atoms with E-state index in [1.165, 1.54) is 19.3 Å². The fourth-order valence-corrected chi connectivity index (χ4v) is 2.24. The molecule has 1 N–H and O–H groups in total. The van der Waals surface area contributed by atoms with Crippen LogP contribution >= 0.6 is 0 Å². The monoisotopic (exact) mass is 235 g/mol. The Labute approximate surface area is 100 Å². The normalized spacial score (nSPS) is 16.8. The van der Waals surface area contributed by atoms with Crippen molar-refractivity contribution in [3.05, 3.63) is 27.9 Å². The Hall–Kier alpha value is -1.65. The number of hydrogen-bond donors (Lipinski definition) is 1. The second-order valence-electron chi connectivity index (χ2n) is 4.62. The van der Waals surface area contributed by atoms with Crippen LogP contribution in [-0.2, 0) is 0 Å². The molecule has 2 rings (SSSR count). The predicted molar refractivity (Wildman–Crippen MR) is 66.1 cm³/mol. The summed E-state index contributed by atoms with van der Waals surface area (Å²) in [5.74, 6) is 0.410. The first-order valence-corrected chi connectivity index (χ1v) is 6.04. The van der Waals surface area contributed by atoms with Crippen LogP contribution in [0.15, 0.2) is 12.3 Å². The van der Waals surface area contributed by atoms with Crippen LogP contribution in [-0.4, -0.2) is 15.9 Å². The zero-order chi connectivity index (χ0) is 12.3. The van der Waals surface area contributed by atoms with E-state index in [1.54, 1.807) is 12.3 Å². The van der Waals surface area contributed by atoms with Gasteiger partial charge in [0, 0.05) is 18.3 Å². The standard InChI is InChI=1S/C12H17N3O2/c1-9-7-11(15(16)17)12(13-8-9)14-10-5-3-2-4-6-10/h7-8,10H,2-6H2,1H3,(H,13,14). The molecule has 0 bridgehead atoms. The van der Waals surface area contributed by atoms with Gasteiger partial charge in [0.25, 0.3) is 0 Å². The second-order valence-corrected chi connectivity index (χ2v) is 4.62. The highest BCUT2D eigenvalue weighted by Gasteiger charge is 2.20. The van der Waals surface area contributed by atoms with Crippen molar-refractivity contribution in [1.82, 2.24) is 4.98 Å². The molecule has 0 unspecified atom stereocenters. The highest BCUT2D eigenvalue weighted by atomic mass is 16.6. The van der Waals surface area contributed by atoms with E-state index in [2.05, 4.69) is 10.3 Å². The highest BCUT2D eigenvalue weighted by molar-refractivity contribution is 5.57. The molecule has 0 radical (unpaired) electrons. The Kier molecular flexibility index (Phi) is 3.56. The molecule has 5 nitrogen and oxygen atoms in total. The SMILES string of the molecule is Cc1cnc(NC2CCCCC2)c([N+](=O)[O-])c1. The minimum atomic E-state index is -0.370. The van der Waals surface area contributed by atoms with E-state index < -0.39 is 0 Å². The molecule has 1 heterocycles. The molecule has 1 aliphatic carbocycles. The molecule has 0 atom stereocenters. The van der Waals surface area contributed by atoms with Crippen LogP contribution in [0.3, 0.4) is 0 Å². The van der Waals surface area contributed by atoms with Gasteiger partial charge in [-0.25, -0.2) is 4.98 Å². The van der Waals surface area contributed by atoms with Crippen molar-refractivity contribution < 1.29 is 4.92 Å². The van der Waals surface area contributed by atoms with E-state index in [9.17, 15) is 10.1 Å². The molecule has 0 amide bonds. The molecule has 17 heavy (non-hydrogen) atoms. The summed E-state index contributed by atoms with van der Waals surface area (Å²) in [4.78, 5) is 14.7. The van der Waals surface area contributed by atoms with Crippen molar-refractivity contribution in [1.29, 1.82) is 0 Å². The molecule has 1 saturated carbocycles. The zero-order valence-corrected chi connectivity index (χ0v) is 9.98. The van der Waals surface area contributed by atoms with Gasteiger partial charge in [-0.2, -0.15) is 0 Å². The van der Waals surface area contributed by atoms with Crippen LogP contribution in [0.25, 0.3) is 0 Å². The van der Waals surface area contributed by atoms with Crippen LogP contribution in [0, 0.1) is 17.0 Å². The molecule has 5 heteroatoms. The average molecular weight is 235 g/mol. The van der Waals surface area contributed by atoms with Crippen LogP contribution in [0.4, 0.5) is 11.5 Å². The van der Waals surface area contributed by atoms with Crippen molar-refractivity contribution in [2.75, 3.05) is 5.32 Å². The number of aromatic nitrogens is 1. The topological polar surface area (TPSA) is 68.1 Å². The summed E-state index contributed by atoms with van der Waals surface area (Å²) in [6.45, 7) is 1.81. The zero-order valence-electron chi connectivity index (χ0n) is 9.98. The Bertz CT molecular complexity index is 414. The molecule has 1 aliphatic rings. The fourth-order valence-electron chi connectivity index (χ4n) is 2.24. The molecule has 0 spiro atoms. The lowest BCUT2D eigenvalue weighted by Crippen LogP contribution is -2.23. The van der Waals surface area contributed by atoms with Gasteiger partial charge in [0.15, 0.2) is 0 Å². The van der Waals surface area contributed by atoms with Crippen LogP contribution in [0.2, 0.25) is 0 Å². The summed E-state index contributed by atoms with van der Waals surface area (Å²) in [6.07, 6.45) is 7.47. The number of pyridine rings is 1. The number of hydrogen-bond acceptors (Lipinski definition) is 4. The van der Waals surface area contributed by atoms with Crippen molar-refractivity contribution >= 4 is 11.5 Å². The molecular weight excluding hydrogens is 218 g/mol. The van der Waals surface area contributed by atoms with Crippen molar-refractivity contribution in [3.63, 3.8) is 0 Å². The van der Waals surface area contributed by atoms with E-state index >= 15 is 0 Å². The third-order valence-electron chi connectivity index (χ3n) is 3.15. The average Bonchev–Trinajstić information content (AvgIpc) is 2.32. The Morgan fingerprint density at radius 2 is 2.12 bits per heavy atom. The Morgan fingerprint density at radius 3 is 2.76 bits per heavy atom. The summed E-state index contributed by atoms with van der Waals surface area (Å²) >= 11 is 0. The number of anilines is 1. The lowest BCUT2D eigenvalue weighted by Gasteiger charge is -2.23. The van der Waals surface area contributed by atoms with Gasteiger partial charge in [-0.1, -0.05) is 19.3 Å². The molecule has 1 aromatic rings. The summed E-state index contributed by atoms with van der Waals surface area (Å²) in [5, 5.41) is 14.1. The van der Waals surface area contributed by atoms with Gasteiger partial charge in [0.2, 0.25) is 5.82 Å². The van der Waals surface area contributed by atoms with Gasteiger partial charge < -0.3 is 5.32 Å². The maximum atomic E-state index is 10.9. The first kappa shape index (κ1) is 11.8. The molecule has 1 fully saturated rings. The third-order valence-corrected chi connectivity index (χ3v) is 3.15. The van der Waals surface area contributed by atoms with E-state index in [4.69, 9.17) is 0 Å². The quantitative estimate of drug-likeness (QED) is 0.645. The molecule has 1 aromatic heterocycles. The number of aryl methyl sites for hydroxylation is 1. The van der Waals surface area contributed by atoms with Gasteiger partial charge in [0.05, 0.1) is 4.92 Å². The minimum Gasteiger partial charge on any atom is -0.362 e. The minimum absolute atomic E-state index is 0.0792. The number of nitrogens with one attached hydrogen (secondary N) is 1. The van der Waals surface area contributed by atoms with E-state index in [0.29, 0.717) is 11.9 Å². The van der Waals surface area contributed by atoms with Gasteiger partial charge >= 0.3 is 5.69 Å². The maximum absolute atomic E-state index is 10.9. The second kappa shape index (κ2) is 5.12. The summed E-state index contributed by atoms with van der Waals surface area (Å²) in [7, 11) is 0. The maximum Gasteiger partial charge on any atom is 0.311 e. The first-order chi connectivity index (χ1) is 8.16. The van der Waals surface area contributed by atoms with Crippen molar-refractivity contribution in [2.45, 2.75) is 45.1 Å². The van der Waals surface area contributed by atoms with E-state index in [1.807, 2.05) is 6.92 Å². The molecular formula is C12H17N3O2. The summed E-state index contributed by atoms with van der Waals surface area (Å²) in [5.41, 5.74) is 0.890. The van der Waals surface area contributed by atoms with Crippen LogP contribution in [0.1, 0.15) is 37.7 Å². The van der Waals surface area contributed by atoms with Crippen molar-refractivity contribution in [2.24, 2.45) is 0 Å². The first-order valence-electron chi connectivity index (χ1n) is 6.04. The third kappa shape index (κ3) is 2.93. The smallest absolute Gasteiger partial charge is 0.311 e. The number of nitrogens with zero attached hydrogens (tertiary/aromatic N) is 2. The summed E-state index contributed by atoms with van der Waals surface area (Å²) in [6, 6.07) is 1.90. The lowest BCUT2D eigenvalue weighted by atomic mass is 9.95. The van der Waals surface area contributed by atoms with E-state index in [0.717, 1.165) is 18.4 Å². The van der Waals surface area contributed by atoms with Crippen LogP contribution in [0.5, 0.6) is 0 Å². The van der Waals surface area contributed by atoms with Gasteiger partial charge in [-0.05, 0) is 25.3 Å². The molecule has 0 aliphatic heterocycles. The fraction of sp³-hybridized carbons (Fsp3) is 0.583. The van der Waals surface area contributed by atoms with Crippen molar-refractivity contribution in [3.8, 4) is 0 Å². The lowest BCUT2D eigenvalue weighted by molar-refractivity contribution is -0.384. The number of nitro groups is 1. The van der Waals surface area contributed by atoms with Gasteiger partial charge in [0.1, 0.15) is 0 Å². The Morgan fingerprint density at radius 1 is 1.41 bits per heavy atom. The van der Waals surface area contributed by atoms with Crippen LogP contribution < -0.4 is 5.32 Å². The molecule has 0 aromatic carbocycles.